The topological polar surface area (TPSA) is 55.0 Å². The number of rotatable bonds is 2. The summed E-state index contributed by atoms with van der Waals surface area (Å²) in [4.78, 5) is 11.8. The lowest BCUT2D eigenvalue weighted by Crippen LogP contribution is -2.10. The maximum atomic E-state index is 11.8. The molecule has 4 nitrogen and oxygen atoms in total. The molecule has 0 amide bonds. The van der Waals surface area contributed by atoms with Crippen LogP contribution < -0.4 is 0 Å². The maximum Gasteiger partial charge on any atom is 0.359 e. The SMILES string of the molecule is CCOC(=O)c1n[nH]c2c1CC1C2C12CCCC2. The molecule has 0 bridgehead atoms. The molecule has 1 heterocycles. The number of H-pyrrole nitrogens is 1. The molecule has 1 aromatic heterocycles. The van der Waals surface area contributed by atoms with Crippen molar-refractivity contribution in [2.45, 2.75) is 44.9 Å². The summed E-state index contributed by atoms with van der Waals surface area (Å²) >= 11 is 0. The predicted octanol–water partition coefficient (Wildman–Crippen LogP) is 2.42. The molecule has 96 valence electrons. The quantitative estimate of drug-likeness (QED) is 0.815. The van der Waals surface area contributed by atoms with Crippen molar-refractivity contribution in [1.29, 1.82) is 0 Å². The number of hydrogen-bond donors (Lipinski definition) is 1. The fraction of sp³-hybridized carbons (Fsp3) is 0.714. The number of aromatic amines is 1. The van der Waals surface area contributed by atoms with Gasteiger partial charge >= 0.3 is 5.97 Å². The zero-order chi connectivity index (χ0) is 12.3. The third kappa shape index (κ3) is 1.11. The second kappa shape index (κ2) is 3.37. The van der Waals surface area contributed by atoms with Gasteiger partial charge in [-0.25, -0.2) is 4.79 Å². The monoisotopic (exact) mass is 246 g/mol. The molecule has 18 heavy (non-hydrogen) atoms. The molecule has 4 heteroatoms. The van der Waals surface area contributed by atoms with Crippen LogP contribution in [0.1, 0.15) is 60.3 Å². The second-order valence-corrected chi connectivity index (χ2v) is 5.91. The molecule has 0 saturated heterocycles. The summed E-state index contributed by atoms with van der Waals surface area (Å²) in [5, 5.41) is 7.31. The lowest BCUT2D eigenvalue weighted by molar-refractivity contribution is 0.0518. The van der Waals surface area contributed by atoms with Gasteiger partial charge in [-0.05, 0) is 37.5 Å². The predicted molar refractivity (Wildman–Crippen MR) is 65.4 cm³/mol. The van der Waals surface area contributed by atoms with Crippen molar-refractivity contribution in [2.24, 2.45) is 11.3 Å². The van der Waals surface area contributed by atoms with Crippen LogP contribution in [0.4, 0.5) is 0 Å². The molecule has 3 aliphatic carbocycles. The number of hydrogen-bond acceptors (Lipinski definition) is 3. The van der Waals surface area contributed by atoms with Gasteiger partial charge in [0.1, 0.15) is 0 Å². The van der Waals surface area contributed by atoms with E-state index in [1.54, 1.807) is 0 Å². The first-order valence-electron chi connectivity index (χ1n) is 7.02. The van der Waals surface area contributed by atoms with Gasteiger partial charge in [0, 0.05) is 17.2 Å². The number of nitrogens with zero attached hydrogens (tertiary/aromatic N) is 1. The van der Waals surface area contributed by atoms with Crippen molar-refractivity contribution >= 4 is 5.97 Å². The Balaban J connectivity index is 1.64. The summed E-state index contributed by atoms with van der Waals surface area (Å²) in [5.74, 6) is 1.17. The average Bonchev–Trinajstić information content (AvgIpc) is 2.78. The third-order valence-corrected chi connectivity index (χ3v) is 5.29. The number of nitrogens with one attached hydrogen (secondary N) is 1. The van der Waals surface area contributed by atoms with Crippen LogP contribution in [-0.2, 0) is 11.2 Å². The smallest absolute Gasteiger partial charge is 0.359 e. The molecule has 0 radical (unpaired) electrons. The fourth-order valence-electron chi connectivity index (χ4n) is 4.53. The molecule has 4 rings (SSSR count). The van der Waals surface area contributed by atoms with Gasteiger partial charge in [-0.2, -0.15) is 5.10 Å². The highest BCUT2D eigenvalue weighted by Crippen LogP contribution is 2.76. The number of carbonyl (C=O) groups excluding carboxylic acids is 1. The first kappa shape index (κ1) is 10.6. The van der Waals surface area contributed by atoms with E-state index in [4.69, 9.17) is 4.74 Å². The summed E-state index contributed by atoms with van der Waals surface area (Å²) in [7, 11) is 0. The van der Waals surface area contributed by atoms with Crippen LogP contribution >= 0.6 is 0 Å². The van der Waals surface area contributed by atoms with E-state index >= 15 is 0 Å². The number of fused-ring (bicyclic) bond motifs is 5. The first-order chi connectivity index (χ1) is 8.78. The normalized spacial score (nSPS) is 30.3. The zero-order valence-corrected chi connectivity index (χ0v) is 10.7. The molecule has 2 unspecified atom stereocenters. The molecular formula is C14H18N2O2. The van der Waals surface area contributed by atoms with E-state index in [-0.39, 0.29) is 5.97 Å². The summed E-state index contributed by atoms with van der Waals surface area (Å²) in [5.41, 5.74) is 3.49. The van der Waals surface area contributed by atoms with Gasteiger partial charge in [0.2, 0.25) is 0 Å². The Labute approximate surface area is 106 Å². The summed E-state index contributed by atoms with van der Waals surface area (Å²) in [6.45, 7) is 2.24. The van der Waals surface area contributed by atoms with Gasteiger partial charge in [0.15, 0.2) is 5.69 Å². The van der Waals surface area contributed by atoms with E-state index in [2.05, 4.69) is 10.2 Å². The van der Waals surface area contributed by atoms with Crippen molar-refractivity contribution in [2.75, 3.05) is 6.61 Å². The minimum Gasteiger partial charge on any atom is -0.461 e. The molecular weight excluding hydrogens is 228 g/mol. The van der Waals surface area contributed by atoms with Gasteiger partial charge < -0.3 is 4.74 Å². The van der Waals surface area contributed by atoms with E-state index in [1.165, 1.54) is 31.4 Å². The molecule has 0 aliphatic heterocycles. The molecule has 0 aromatic carbocycles. The minimum absolute atomic E-state index is 0.267. The number of carbonyl (C=O) groups is 1. The highest BCUT2D eigenvalue weighted by atomic mass is 16.5. The van der Waals surface area contributed by atoms with Gasteiger partial charge in [-0.15, -0.1) is 0 Å². The highest BCUT2D eigenvalue weighted by molar-refractivity contribution is 5.89. The Kier molecular flexibility index (Phi) is 1.98. The Morgan fingerprint density at radius 3 is 3.00 bits per heavy atom. The van der Waals surface area contributed by atoms with Gasteiger partial charge in [-0.3, -0.25) is 5.10 Å². The van der Waals surface area contributed by atoms with E-state index in [9.17, 15) is 4.79 Å². The standard InChI is InChI=1S/C14H18N2O2/c1-2-18-13(17)12-8-7-9-10(11(8)15-16-12)14(9)5-3-4-6-14/h9-10H,2-7H2,1H3,(H,15,16). The van der Waals surface area contributed by atoms with E-state index in [1.807, 2.05) is 6.92 Å². The zero-order valence-electron chi connectivity index (χ0n) is 10.7. The molecule has 2 fully saturated rings. The van der Waals surface area contributed by atoms with Crippen molar-refractivity contribution in [3.63, 3.8) is 0 Å². The van der Waals surface area contributed by atoms with Crippen LogP contribution in [0.5, 0.6) is 0 Å². The molecule has 3 aliphatic rings. The second-order valence-electron chi connectivity index (χ2n) is 5.91. The van der Waals surface area contributed by atoms with Crippen molar-refractivity contribution in [3.05, 3.63) is 17.0 Å². The van der Waals surface area contributed by atoms with Crippen molar-refractivity contribution in [1.82, 2.24) is 10.2 Å². The van der Waals surface area contributed by atoms with Crippen LogP contribution in [0.2, 0.25) is 0 Å². The number of aromatic nitrogens is 2. The van der Waals surface area contributed by atoms with Crippen LogP contribution in [-0.4, -0.2) is 22.8 Å². The molecule has 2 saturated carbocycles. The van der Waals surface area contributed by atoms with E-state index in [0.29, 0.717) is 23.6 Å². The summed E-state index contributed by atoms with van der Waals surface area (Å²) in [6.07, 6.45) is 6.53. The number of esters is 1. The van der Waals surface area contributed by atoms with Gasteiger partial charge in [-0.1, -0.05) is 12.8 Å². The number of ether oxygens (including phenoxy) is 1. The molecule has 1 aromatic rings. The van der Waals surface area contributed by atoms with Gasteiger partial charge in [0.25, 0.3) is 0 Å². The minimum atomic E-state index is -0.267. The first-order valence-corrected chi connectivity index (χ1v) is 7.02. The van der Waals surface area contributed by atoms with Crippen molar-refractivity contribution < 1.29 is 9.53 Å². The van der Waals surface area contributed by atoms with Crippen LogP contribution in [0.25, 0.3) is 0 Å². The lowest BCUT2D eigenvalue weighted by atomic mass is 9.92. The van der Waals surface area contributed by atoms with Crippen molar-refractivity contribution in [3.8, 4) is 0 Å². The highest BCUT2D eigenvalue weighted by Gasteiger charge is 2.69. The fourth-order valence-corrected chi connectivity index (χ4v) is 4.53. The average molecular weight is 246 g/mol. The molecule has 2 atom stereocenters. The van der Waals surface area contributed by atoms with Gasteiger partial charge in [0.05, 0.1) is 6.61 Å². The maximum absolute atomic E-state index is 11.8. The molecule has 1 spiro atoms. The third-order valence-electron chi connectivity index (χ3n) is 5.29. The largest absolute Gasteiger partial charge is 0.461 e. The molecule has 1 N–H and O–H groups in total. The van der Waals surface area contributed by atoms with Crippen LogP contribution in [0.3, 0.4) is 0 Å². The van der Waals surface area contributed by atoms with E-state index < -0.39 is 0 Å². The summed E-state index contributed by atoms with van der Waals surface area (Å²) in [6, 6.07) is 0. The van der Waals surface area contributed by atoms with Crippen LogP contribution in [0.15, 0.2) is 0 Å². The Bertz CT molecular complexity index is 514. The lowest BCUT2D eigenvalue weighted by Gasteiger charge is -2.12. The summed E-state index contributed by atoms with van der Waals surface area (Å²) < 4.78 is 5.06. The Hall–Kier alpha value is -1.32. The Morgan fingerprint density at radius 2 is 2.28 bits per heavy atom. The Morgan fingerprint density at radius 1 is 1.50 bits per heavy atom. The van der Waals surface area contributed by atoms with E-state index in [0.717, 1.165) is 17.9 Å². The van der Waals surface area contributed by atoms with Crippen LogP contribution in [0, 0.1) is 11.3 Å².